The topological polar surface area (TPSA) is 12.9 Å². The molecule has 0 bridgehead atoms. The SMILES string of the molecule is Cc1ccc2sc(-c3ccc(C(C)C)cc3)nc2c1. The normalized spacial score (nSPS) is 11.4. The summed E-state index contributed by atoms with van der Waals surface area (Å²) in [6.07, 6.45) is 0. The third-order valence-corrected chi connectivity index (χ3v) is 4.45. The van der Waals surface area contributed by atoms with Gasteiger partial charge in [0, 0.05) is 5.56 Å². The molecular formula is C17H17NS. The van der Waals surface area contributed by atoms with Gasteiger partial charge in [-0.1, -0.05) is 44.2 Å². The molecule has 0 saturated carbocycles. The summed E-state index contributed by atoms with van der Waals surface area (Å²) in [7, 11) is 0. The Morgan fingerprint density at radius 1 is 1.00 bits per heavy atom. The second-order valence-corrected chi connectivity index (χ2v) is 6.30. The maximum Gasteiger partial charge on any atom is 0.124 e. The highest BCUT2D eigenvalue weighted by molar-refractivity contribution is 7.21. The van der Waals surface area contributed by atoms with Gasteiger partial charge in [0.25, 0.3) is 0 Å². The molecule has 0 N–H and O–H groups in total. The highest BCUT2D eigenvalue weighted by Crippen LogP contribution is 2.31. The number of benzene rings is 2. The van der Waals surface area contributed by atoms with E-state index in [0.29, 0.717) is 5.92 Å². The second-order valence-electron chi connectivity index (χ2n) is 5.27. The molecule has 0 aliphatic heterocycles. The van der Waals surface area contributed by atoms with Gasteiger partial charge < -0.3 is 0 Å². The van der Waals surface area contributed by atoms with Crippen molar-refractivity contribution in [2.24, 2.45) is 0 Å². The lowest BCUT2D eigenvalue weighted by Crippen LogP contribution is -1.86. The number of nitrogens with zero attached hydrogens (tertiary/aromatic N) is 1. The maximum atomic E-state index is 4.74. The summed E-state index contributed by atoms with van der Waals surface area (Å²) in [6, 6.07) is 15.2. The van der Waals surface area contributed by atoms with Gasteiger partial charge in [-0.2, -0.15) is 0 Å². The van der Waals surface area contributed by atoms with E-state index in [1.807, 2.05) is 0 Å². The first kappa shape index (κ1) is 12.4. The average molecular weight is 267 g/mol. The van der Waals surface area contributed by atoms with Gasteiger partial charge >= 0.3 is 0 Å². The van der Waals surface area contributed by atoms with E-state index in [1.165, 1.54) is 21.4 Å². The van der Waals surface area contributed by atoms with Crippen LogP contribution in [0.5, 0.6) is 0 Å². The number of rotatable bonds is 2. The number of aryl methyl sites for hydroxylation is 1. The molecule has 1 nitrogen and oxygen atoms in total. The van der Waals surface area contributed by atoms with Gasteiger partial charge in [-0.3, -0.25) is 0 Å². The Hall–Kier alpha value is -1.67. The molecule has 3 rings (SSSR count). The molecule has 0 aliphatic rings. The van der Waals surface area contributed by atoms with Crippen molar-refractivity contribution in [3.05, 3.63) is 53.6 Å². The second kappa shape index (κ2) is 4.78. The summed E-state index contributed by atoms with van der Waals surface area (Å²) >= 11 is 1.76. The van der Waals surface area contributed by atoms with Crippen LogP contribution in [0.1, 0.15) is 30.9 Å². The van der Waals surface area contributed by atoms with E-state index >= 15 is 0 Å². The number of fused-ring (bicyclic) bond motifs is 1. The van der Waals surface area contributed by atoms with Gasteiger partial charge in [0.15, 0.2) is 0 Å². The Labute approximate surface area is 117 Å². The lowest BCUT2D eigenvalue weighted by atomic mass is 10.0. The van der Waals surface area contributed by atoms with E-state index < -0.39 is 0 Å². The third-order valence-electron chi connectivity index (χ3n) is 3.37. The first-order chi connectivity index (χ1) is 9.13. The molecule has 3 aromatic rings. The van der Waals surface area contributed by atoms with E-state index in [0.717, 1.165) is 10.5 Å². The number of hydrogen-bond donors (Lipinski definition) is 0. The molecule has 0 fully saturated rings. The Balaban J connectivity index is 2.03. The van der Waals surface area contributed by atoms with Gasteiger partial charge in [0.2, 0.25) is 0 Å². The van der Waals surface area contributed by atoms with Crippen molar-refractivity contribution in [3.8, 4) is 10.6 Å². The standard InChI is InChI=1S/C17H17NS/c1-11(2)13-5-7-14(8-6-13)17-18-15-10-12(3)4-9-16(15)19-17/h4-11H,1-3H3. The molecule has 0 amide bonds. The Bertz CT molecular complexity index is 708. The molecule has 2 aromatic carbocycles. The van der Waals surface area contributed by atoms with E-state index in [1.54, 1.807) is 11.3 Å². The van der Waals surface area contributed by atoms with Gasteiger partial charge in [-0.15, -0.1) is 11.3 Å². The van der Waals surface area contributed by atoms with Gasteiger partial charge in [0.1, 0.15) is 5.01 Å². The molecule has 0 spiro atoms. The number of aromatic nitrogens is 1. The van der Waals surface area contributed by atoms with Gasteiger partial charge in [-0.25, -0.2) is 4.98 Å². The summed E-state index contributed by atoms with van der Waals surface area (Å²) in [5, 5.41) is 1.11. The minimum absolute atomic E-state index is 0.576. The van der Waals surface area contributed by atoms with E-state index in [2.05, 4.69) is 63.2 Å². The smallest absolute Gasteiger partial charge is 0.124 e. The van der Waals surface area contributed by atoms with Crippen molar-refractivity contribution in [1.29, 1.82) is 0 Å². The zero-order chi connectivity index (χ0) is 13.4. The highest BCUT2D eigenvalue weighted by atomic mass is 32.1. The fourth-order valence-corrected chi connectivity index (χ4v) is 3.12. The Morgan fingerprint density at radius 3 is 2.42 bits per heavy atom. The van der Waals surface area contributed by atoms with Crippen LogP contribution < -0.4 is 0 Å². The largest absolute Gasteiger partial charge is 0.236 e. The fraction of sp³-hybridized carbons (Fsp3) is 0.235. The summed E-state index contributed by atoms with van der Waals surface area (Å²) in [4.78, 5) is 4.74. The molecule has 96 valence electrons. The number of hydrogen-bond acceptors (Lipinski definition) is 2. The molecular weight excluding hydrogens is 250 g/mol. The van der Waals surface area contributed by atoms with Crippen LogP contribution in [0.25, 0.3) is 20.8 Å². The third kappa shape index (κ3) is 2.41. The van der Waals surface area contributed by atoms with E-state index in [4.69, 9.17) is 4.98 Å². The Kier molecular flexibility index (Phi) is 3.11. The van der Waals surface area contributed by atoms with Crippen LogP contribution in [-0.4, -0.2) is 4.98 Å². The van der Waals surface area contributed by atoms with Gasteiger partial charge in [0.05, 0.1) is 10.2 Å². The van der Waals surface area contributed by atoms with Crippen molar-refractivity contribution in [2.75, 3.05) is 0 Å². The monoisotopic (exact) mass is 267 g/mol. The summed E-state index contributed by atoms with van der Waals surface area (Å²) < 4.78 is 1.26. The molecule has 1 heterocycles. The highest BCUT2D eigenvalue weighted by Gasteiger charge is 2.07. The maximum absolute atomic E-state index is 4.74. The lowest BCUT2D eigenvalue weighted by molar-refractivity contribution is 0.867. The van der Waals surface area contributed by atoms with E-state index in [9.17, 15) is 0 Å². The molecule has 0 radical (unpaired) electrons. The summed E-state index contributed by atoms with van der Waals surface area (Å²) in [6.45, 7) is 6.54. The minimum atomic E-state index is 0.576. The molecule has 0 atom stereocenters. The zero-order valence-corrected chi connectivity index (χ0v) is 12.3. The van der Waals surface area contributed by atoms with Crippen LogP contribution in [0, 0.1) is 6.92 Å². The average Bonchev–Trinajstić information content (AvgIpc) is 2.81. The van der Waals surface area contributed by atoms with Crippen LogP contribution in [0.4, 0.5) is 0 Å². The first-order valence-electron chi connectivity index (χ1n) is 6.61. The molecule has 1 aromatic heterocycles. The molecule has 19 heavy (non-hydrogen) atoms. The minimum Gasteiger partial charge on any atom is -0.236 e. The van der Waals surface area contributed by atoms with Crippen molar-refractivity contribution in [3.63, 3.8) is 0 Å². The fourth-order valence-electron chi connectivity index (χ4n) is 2.17. The van der Waals surface area contributed by atoms with Crippen LogP contribution in [0.3, 0.4) is 0 Å². The molecule has 0 aliphatic carbocycles. The van der Waals surface area contributed by atoms with Crippen molar-refractivity contribution >= 4 is 21.6 Å². The zero-order valence-electron chi connectivity index (χ0n) is 11.5. The molecule has 0 unspecified atom stereocenters. The predicted octanol–water partition coefficient (Wildman–Crippen LogP) is 5.40. The van der Waals surface area contributed by atoms with Crippen molar-refractivity contribution in [1.82, 2.24) is 4.98 Å². The lowest BCUT2D eigenvalue weighted by Gasteiger charge is -2.05. The van der Waals surface area contributed by atoms with Crippen LogP contribution in [0.15, 0.2) is 42.5 Å². The predicted molar refractivity (Wildman–Crippen MR) is 83.9 cm³/mol. The Morgan fingerprint density at radius 2 is 1.74 bits per heavy atom. The quantitative estimate of drug-likeness (QED) is 0.606. The van der Waals surface area contributed by atoms with Crippen LogP contribution in [-0.2, 0) is 0 Å². The van der Waals surface area contributed by atoms with Crippen LogP contribution >= 0.6 is 11.3 Å². The van der Waals surface area contributed by atoms with Crippen molar-refractivity contribution in [2.45, 2.75) is 26.7 Å². The summed E-state index contributed by atoms with van der Waals surface area (Å²) in [5.41, 5.74) is 4.96. The molecule has 2 heteroatoms. The molecule has 0 saturated heterocycles. The number of thiazole rings is 1. The van der Waals surface area contributed by atoms with Crippen molar-refractivity contribution < 1.29 is 0 Å². The van der Waals surface area contributed by atoms with Gasteiger partial charge in [-0.05, 0) is 36.1 Å². The van der Waals surface area contributed by atoms with E-state index in [-0.39, 0.29) is 0 Å². The summed E-state index contributed by atoms with van der Waals surface area (Å²) in [5.74, 6) is 0.576. The first-order valence-corrected chi connectivity index (χ1v) is 7.42. The van der Waals surface area contributed by atoms with Crippen LogP contribution in [0.2, 0.25) is 0 Å².